The van der Waals surface area contributed by atoms with Crippen LogP contribution in [-0.4, -0.2) is 22.2 Å². The Morgan fingerprint density at radius 2 is 1.93 bits per heavy atom. The molecule has 0 unspecified atom stereocenters. The van der Waals surface area contributed by atoms with E-state index in [-0.39, 0.29) is 24.1 Å². The van der Waals surface area contributed by atoms with Crippen molar-refractivity contribution < 1.29 is 9.90 Å². The number of nitrogens with one attached hydrogen (secondary N) is 1. The fourth-order valence-corrected chi connectivity index (χ4v) is 4.11. The number of pyridine rings is 1. The van der Waals surface area contributed by atoms with Gasteiger partial charge in [0.2, 0.25) is 5.91 Å². The highest BCUT2D eigenvalue weighted by atomic mass is 35.5. The van der Waals surface area contributed by atoms with Gasteiger partial charge >= 0.3 is 0 Å². The molecule has 6 heteroatoms. The van der Waals surface area contributed by atoms with Crippen molar-refractivity contribution in [3.8, 4) is 0 Å². The summed E-state index contributed by atoms with van der Waals surface area (Å²) < 4.78 is 1.49. The van der Waals surface area contributed by atoms with Gasteiger partial charge in [-0.3, -0.25) is 9.59 Å². The summed E-state index contributed by atoms with van der Waals surface area (Å²) in [7, 11) is 0. The van der Waals surface area contributed by atoms with Gasteiger partial charge in [-0.05, 0) is 43.9 Å². The Labute approximate surface area is 164 Å². The van der Waals surface area contributed by atoms with Crippen molar-refractivity contribution in [3.63, 3.8) is 0 Å². The van der Waals surface area contributed by atoms with E-state index < -0.39 is 0 Å². The molecule has 146 valence electrons. The van der Waals surface area contributed by atoms with E-state index in [1.165, 1.54) is 30.3 Å². The quantitative estimate of drug-likeness (QED) is 0.738. The Balaban J connectivity index is 1.87. The maximum absolute atomic E-state index is 12.7. The van der Waals surface area contributed by atoms with E-state index in [1.54, 1.807) is 31.3 Å². The van der Waals surface area contributed by atoms with Crippen molar-refractivity contribution in [3.05, 3.63) is 39.8 Å². The van der Waals surface area contributed by atoms with Crippen LogP contribution in [0.4, 0.5) is 5.69 Å². The fraction of sp³-hybridized carbons (Fsp3) is 0.524. The van der Waals surface area contributed by atoms with Crippen molar-refractivity contribution in [2.24, 2.45) is 5.92 Å². The van der Waals surface area contributed by atoms with Crippen molar-refractivity contribution in [2.45, 2.75) is 57.9 Å². The van der Waals surface area contributed by atoms with Crippen LogP contribution < -0.4 is 10.9 Å². The number of aromatic nitrogens is 1. The first-order valence-electron chi connectivity index (χ1n) is 9.75. The van der Waals surface area contributed by atoms with Gasteiger partial charge in [-0.15, -0.1) is 0 Å². The Hall–Kier alpha value is -1.85. The second-order valence-corrected chi connectivity index (χ2v) is 7.96. The average Bonchev–Trinajstić information content (AvgIpc) is 2.92. The number of fused-ring (bicyclic) bond motifs is 1. The molecule has 1 aromatic heterocycles. The molecular formula is C21H27ClN2O3. The molecule has 1 saturated carbocycles. The van der Waals surface area contributed by atoms with Crippen molar-refractivity contribution in [1.82, 2.24) is 4.57 Å². The van der Waals surface area contributed by atoms with E-state index in [4.69, 9.17) is 11.6 Å². The predicted octanol–water partition coefficient (Wildman–Crippen LogP) is 4.51. The molecule has 0 aliphatic heterocycles. The maximum Gasteiger partial charge on any atom is 0.258 e. The van der Waals surface area contributed by atoms with E-state index in [1.807, 2.05) is 0 Å². The van der Waals surface area contributed by atoms with Crippen LogP contribution in [0.15, 0.2) is 29.2 Å². The molecule has 1 aliphatic carbocycles. The Morgan fingerprint density at radius 3 is 2.59 bits per heavy atom. The zero-order chi connectivity index (χ0) is 19.4. The maximum atomic E-state index is 12.7. The molecule has 0 bridgehead atoms. The summed E-state index contributed by atoms with van der Waals surface area (Å²) in [6.45, 7) is 1.66. The van der Waals surface area contributed by atoms with Gasteiger partial charge in [-0.25, -0.2) is 0 Å². The first-order valence-corrected chi connectivity index (χ1v) is 10.1. The summed E-state index contributed by atoms with van der Waals surface area (Å²) in [6.07, 6.45) is 9.22. The molecule has 1 heterocycles. The lowest BCUT2D eigenvalue weighted by atomic mass is 9.96. The minimum atomic E-state index is -0.314. The fourth-order valence-electron chi connectivity index (χ4n) is 3.90. The Morgan fingerprint density at radius 1 is 1.22 bits per heavy atom. The minimum Gasteiger partial charge on any atom is -0.394 e. The van der Waals surface area contributed by atoms with Crippen LogP contribution in [0.5, 0.6) is 0 Å². The van der Waals surface area contributed by atoms with Gasteiger partial charge in [0.15, 0.2) is 0 Å². The topological polar surface area (TPSA) is 71.3 Å². The van der Waals surface area contributed by atoms with Crippen LogP contribution >= 0.6 is 11.6 Å². The zero-order valence-electron chi connectivity index (χ0n) is 15.7. The number of amides is 1. The molecule has 27 heavy (non-hydrogen) atoms. The standard InChI is InChI=1S/C21H27ClN2O3/c1-14(13-25)24-11-10-16-17(21(24)27)8-9-18(22)20(16)23-19(26)12-15-6-4-2-3-5-7-15/h8-11,14-15,25H,2-7,12-13H2,1H3,(H,23,26)/t14-/m1/s1. The molecule has 0 radical (unpaired) electrons. The number of hydrogen-bond donors (Lipinski definition) is 2. The average molecular weight is 391 g/mol. The summed E-state index contributed by atoms with van der Waals surface area (Å²) in [4.78, 5) is 25.3. The van der Waals surface area contributed by atoms with Gasteiger partial charge in [0.05, 0.1) is 23.4 Å². The van der Waals surface area contributed by atoms with E-state index in [2.05, 4.69) is 5.32 Å². The van der Waals surface area contributed by atoms with Crippen molar-refractivity contribution in [1.29, 1.82) is 0 Å². The summed E-state index contributed by atoms with van der Waals surface area (Å²) in [5, 5.41) is 13.8. The number of carbonyl (C=O) groups excluding carboxylic acids is 1. The highest BCUT2D eigenvalue weighted by Crippen LogP contribution is 2.31. The normalized spacial score (nSPS) is 16.9. The lowest BCUT2D eigenvalue weighted by Gasteiger charge is -2.17. The number of hydrogen-bond acceptors (Lipinski definition) is 3. The molecule has 0 spiro atoms. The molecular weight excluding hydrogens is 364 g/mol. The van der Waals surface area contributed by atoms with Crippen LogP contribution in [0.1, 0.15) is 57.9 Å². The van der Waals surface area contributed by atoms with E-state index in [9.17, 15) is 14.7 Å². The van der Waals surface area contributed by atoms with Gasteiger partial charge in [0, 0.05) is 23.4 Å². The molecule has 1 fully saturated rings. The van der Waals surface area contributed by atoms with Crippen LogP contribution in [0, 0.1) is 5.92 Å². The Bertz CT molecular complexity index is 870. The highest BCUT2D eigenvalue weighted by molar-refractivity contribution is 6.35. The molecule has 1 amide bonds. The summed E-state index contributed by atoms with van der Waals surface area (Å²) in [5.74, 6) is 0.369. The van der Waals surface area contributed by atoms with Crippen LogP contribution in [0.25, 0.3) is 10.8 Å². The molecule has 1 aliphatic rings. The Kier molecular flexibility index (Phi) is 6.55. The minimum absolute atomic E-state index is 0.0517. The smallest absolute Gasteiger partial charge is 0.258 e. The lowest BCUT2D eigenvalue weighted by Crippen LogP contribution is -2.25. The monoisotopic (exact) mass is 390 g/mol. The second-order valence-electron chi connectivity index (χ2n) is 7.55. The number of rotatable bonds is 5. The molecule has 2 aromatic rings. The highest BCUT2D eigenvalue weighted by Gasteiger charge is 2.19. The SMILES string of the molecule is C[C@H](CO)n1ccc2c(NC(=O)CC3CCCCCC3)c(Cl)ccc2c1=O. The van der Waals surface area contributed by atoms with E-state index in [0.717, 1.165) is 12.8 Å². The van der Waals surface area contributed by atoms with Gasteiger partial charge in [0.25, 0.3) is 5.56 Å². The number of anilines is 1. The number of halogens is 1. The van der Waals surface area contributed by atoms with Crippen molar-refractivity contribution >= 4 is 34.0 Å². The molecule has 5 nitrogen and oxygen atoms in total. The van der Waals surface area contributed by atoms with Gasteiger partial charge < -0.3 is 15.0 Å². The number of aliphatic hydroxyl groups excluding tert-OH is 1. The largest absolute Gasteiger partial charge is 0.394 e. The molecule has 3 rings (SSSR count). The predicted molar refractivity (Wildman–Crippen MR) is 109 cm³/mol. The molecule has 0 saturated heterocycles. The van der Waals surface area contributed by atoms with E-state index in [0.29, 0.717) is 33.8 Å². The first-order chi connectivity index (χ1) is 13.0. The van der Waals surface area contributed by atoms with Crippen LogP contribution in [0.3, 0.4) is 0 Å². The lowest BCUT2D eigenvalue weighted by molar-refractivity contribution is -0.117. The number of benzene rings is 1. The van der Waals surface area contributed by atoms with Gasteiger partial charge in [0.1, 0.15) is 0 Å². The van der Waals surface area contributed by atoms with Crippen LogP contribution in [0.2, 0.25) is 5.02 Å². The summed E-state index contributed by atoms with van der Waals surface area (Å²) in [5.41, 5.74) is 0.290. The van der Waals surface area contributed by atoms with Crippen molar-refractivity contribution in [2.75, 3.05) is 11.9 Å². The van der Waals surface area contributed by atoms with Crippen LogP contribution in [-0.2, 0) is 4.79 Å². The second kappa shape index (κ2) is 8.89. The summed E-state index contributed by atoms with van der Waals surface area (Å²) in [6, 6.07) is 4.77. The number of nitrogens with zero attached hydrogens (tertiary/aromatic N) is 1. The third-order valence-corrected chi connectivity index (χ3v) is 5.83. The third-order valence-electron chi connectivity index (χ3n) is 5.51. The molecule has 1 aromatic carbocycles. The van der Waals surface area contributed by atoms with E-state index >= 15 is 0 Å². The van der Waals surface area contributed by atoms with Gasteiger partial charge in [-0.2, -0.15) is 0 Å². The van der Waals surface area contributed by atoms with Gasteiger partial charge in [-0.1, -0.05) is 37.3 Å². The third kappa shape index (κ3) is 4.53. The number of aliphatic hydroxyl groups is 1. The molecule has 1 atom stereocenters. The number of carbonyl (C=O) groups is 1. The zero-order valence-corrected chi connectivity index (χ0v) is 16.5. The molecule has 2 N–H and O–H groups in total. The first kappa shape index (κ1) is 19.9. The summed E-state index contributed by atoms with van der Waals surface area (Å²) >= 11 is 6.33.